The van der Waals surface area contributed by atoms with Crippen molar-refractivity contribution in [3.05, 3.63) is 61.1 Å². The third-order valence-electron chi connectivity index (χ3n) is 5.33. The van der Waals surface area contributed by atoms with Crippen molar-refractivity contribution in [2.45, 2.75) is 40.7 Å². The van der Waals surface area contributed by atoms with E-state index in [1.54, 1.807) is 19.1 Å². The zero-order valence-corrected chi connectivity index (χ0v) is 18.6. The maximum atomic E-state index is 13.4. The lowest BCUT2D eigenvalue weighted by Crippen LogP contribution is -2.27. The molecule has 0 amide bonds. The van der Waals surface area contributed by atoms with Crippen LogP contribution in [0.2, 0.25) is 5.02 Å². The first-order valence-electron chi connectivity index (χ1n) is 9.91. The lowest BCUT2D eigenvalue weighted by Gasteiger charge is -2.15. The summed E-state index contributed by atoms with van der Waals surface area (Å²) in [6.07, 6.45) is 0.435. The van der Waals surface area contributed by atoms with Gasteiger partial charge in [0.15, 0.2) is 5.76 Å². The highest BCUT2D eigenvalue weighted by molar-refractivity contribution is 6.32. The number of halogens is 1. The Hall–Kier alpha value is -3.08. The summed E-state index contributed by atoms with van der Waals surface area (Å²) in [7, 11) is 0. The molecule has 162 valence electrons. The van der Waals surface area contributed by atoms with Crippen LogP contribution in [0.15, 0.2) is 21.3 Å². The van der Waals surface area contributed by atoms with Crippen LogP contribution >= 0.6 is 11.6 Å². The van der Waals surface area contributed by atoms with Gasteiger partial charge in [0.2, 0.25) is 11.7 Å². The number of pyridine rings is 1. The molecule has 0 bridgehead atoms. The normalized spacial score (nSPS) is 11.1. The molecule has 0 unspecified atom stereocenters. The van der Waals surface area contributed by atoms with Crippen LogP contribution in [0.1, 0.15) is 51.7 Å². The Morgan fingerprint density at radius 2 is 2.00 bits per heavy atom. The van der Waals surface area contributed by atoms with Crippen molar-refractivity contribution in [1.29, 1.82) is 5.26 Å². The molecule has 0 fully saturated rings. The van der Waals surface area contributed by atoms with Crippen molar-refractivity contribution in [3.8, 4) is 11.9 Å². The monoisotopic (exact) mass is 442 g/mol. The quantitative estimate of drug-likeness (QED) is 0.429. The van der Waals surface area contributed by atoms with Gasteiger partial charge in [-0.1, -0.05) is 11.6 Å². The van der Waals surface area contributed by atoms with E-state index in [0.29, 0.717) is 41.2 Å². The van der Waals surface area contributed by atoms with Gasteiger partial charge in [-0.3, -0.25) is 14.2 Å². The Morgan fingerprint density at radius 1 is 1.29 bits per heavy atom. The molecule has 3 rings (SSSR count). The minimum Gasteiger partial charge on any atom is -0.494 e. The summed E-state index contributed by atoms with van der Waals surface area (Å²) in [5, 5.41) is 21.6. The molecule has 0 radical (unpaired) electrons. The van der Waals surface area contributed by atoms with Crippen LogP contribution in [-0.4, -0.2) is 28.7 Å². The molecule has 1 aromatic carbocycles. The zero-order chi connectivity index (χ0) is 22.9. The number of fused-ring (bicyclic) bond motifs is 1. The Labute approximate surface area is 184 Å². The van der Waals surface area contributed by atoms with Gasteiger partial charge in [-0.15, -0.1) is 0 Å². The number of furan rings is 1. The molecule has 0 saturated carbocycles. The number of aryl methyl sites for hydroxylation is 2. The smallest absolute Gasteiger partial charge is 0.271 e. The van der Waals surface area contributed by atoms with Crippen molar-refractivity contribution in [2.24, 2.45) is 0 Å². The molecule has 0 aliphatic carbocycles. The average Bonchev–Trinajstić information content (AvgIpc) is 3.03. The Kier molecular flexibility index (Phi) is 6.54. The molecule has 8 heteroatoms. The van der Waals surface area contributed by atoms with Gasteiger partial charge in [-0.2, -0.15) is 5.26 Å². The van der Waals surface area contributed by atoms with Gasteiger partial charge in [-0.25, -0.2) is 0 Å². The van der Waals surface area contributed by atoms with Gasteiger partial charge < -0.3 is 14.3 Å². The fourth-order valence-electron chi connectivity index (χ4n) is 3.57. The maximum absolute atomic E-state index is 13.4. The average molecular weight is 443 g/mol. The van der Waals surface area contributed by atoms with Crippen molar-refractivity contribution < 1.29 is 19.1 Å². The molecule has 3 aromatic rings. The van der Waals surface area contributed by atoms with E-state index in [1.807, 2.05) is 19.9 Å². The van der Waals surface area contributed by atoms with Crippen molar-refractivity contribution in [3.63, 3.8) is 0 Å². The predicted octanol–water partition coefficient (Wildman–Crippen LogP) is 4.41. The lowest BCUT2D eigenvalue weighted by atomic mass is 9.98. The minimum absolute atomic E-state index is 0.0264. The van der Waals surface area contributed by atoms with Crippen molar-refractivity contribution >= 4 is 28.4 Å². The molecule has 2 heterocycles. The van der Waals surface area contributed by atoms with Crippen molar-refractivity contribution in [1.82, 2.24) is 4.57 Å². The first-order valence-corrected chi connectivity index (χ1v) is 10.3. The van der Waals surface area contributed by atoms with Gasteiger partial charge in [0.1, 0.15) is 17.2 Å². The molecule has 1 N–H and O–H groups in total. The molecule has 0 aliphatic heterocycles. The summed E-state index contributed by atoms with van der Waals surface area (Å²) in [5.41, 5.74) is 1.01. The summed E-state index contributed by atoms with van der Waals surface area (Å²) in [6, 6.07) is 5.33. The number of benzene rings is 1. The number of carbonyl (C=O) groups excluding carboxylic acids is 1. The predicted molar refractivity (Wildman–Crippen MR) is 117 cm³/mol. The second-order valence-electron chi connectivity index (χ2n) is 7.30. The van der Waals surface area contributed by atoms with Crippen LogP contribution in [-0.2, 0) is 11.3 Å². The van der Waals surface area contributed by atoms with E-state index >= 15 is 0 Å². The van der Waals surface area contributed by atoms with Gasteiger partial charge in [0, 0.05) is 35.7 Å². The zero-order valence-electron chi connectivity index (χ0n) is 17.8. The highest BCUT2D eigenvalue weighted by Crippen LogP contribution is 2.33. The molecular weight excluding hydrogens is 420 g/mol. The largest absolute Gasteiger partial charge is 0.494 e. The first kappa shape index (κ1) is 22.6. The van der Waals surface area contributed by atoms with E-state index in [0.717, 1.165) is 10.1 Å². The number of carbonyl (C=O) groups is 1. The third kappa shape index (κ3) is 3.97. The standard InChI is InChI=1S/C23H23ClN2O5/c1-5-30-8-6-7-26-22(28)16(11-25)13(3)19(23(26)29)20(27)21-14(4)15-10-17(24)12(2)9-18(15)31-21/h9-10,29H,5-8H2,1-4H3. The van der Waals surface area contributed by atoms with Gasteiger partial charge >= 0.3 is 0 Å². The van der Waals surface area contributed by atoms with Gasteiger partial charge in [-0.05, 0) is 57.4 Å². The second-order valence-corrected chi connectivity index (χ2v) is 7.71. The number of hydrogen-bond acceptors (Lipinski definition) is 6. The van der Waals surface area contributed by atoms with E-state index in [1.165, 1.54) is 6.92 Å². The summed E-state index contributed by atoms with van der Waals surface area (Å²) in [5.74, 6) is -1.07. The topological polar surface area (TPSA) is 105 Å². The van der Waals surface area contributed by atoms with E-state index < -0.39 is 17.2 Å². The number of nitriles is 1. The summed E-state index contributed by atoms with van der Waals surface area (Å²) < 4.78 is 12.1. The van der Waals surface area contributed by atoms with E-state index in [-0.39, 0.29) is 29.0 Å². The summed E-state index contributed by atoms with van der Waals surface area (Å²) in [4.78, 5) is 26.1. The fourth-order valence-corrected chi connectivity index (χ4v) is 3.73. The van der Waals surface area contributed by atoms with Crippen LogP contribution in [0, 0.1) is 32.1 Å². The molecule has 0 aliphatic rings. The maximum Gasteiger partial charge on any atom is 0.271 e. The molecule has 0 saturated heterocycles. The van der Waals surface area contributed by atoms with Crippen LogP contribution in [0.5, 0.6) is 5.88 Å². The van der Waals surface area contributed by atoms with Crippen LogP contribution < -0.4 is 5.56 Å². The highest BCUT2D eigenvalue weighted by Gasteiger charge is 2.28. The molecule has 31 heavy (non-hydrogen) atoms. The second kappa shape index (κ2) is 8.96. The number of hydrogen-bond donors (Lipinski definition) is 1. The van der Waals surface area contributed by atoms with Crippen LogP contribution in [0.3, 0.4) is 0 Å². The molecule has 0 atom stereocenters. The highest BCUT2D eigenvalue weighted by atomic mass is 35.5. The minimum atomic E-state index is -0.644. The van der Waals surface area contributed by atoms with Gasteiger partial charge in [0.05, 0.1) is 5.56 Å². The molecule has 2 aromatic heterocycles. The number of aromatic nitrogens is 1. The Morgan fingerprint density at radius 3 is 2.65 bits per heavy atom. The summed E-state index contributed by atoms with van der Waals surface area (Å²) >= 11 is 6.21. The number of aromatic hydroxyl groups is 1. The van der Waals surface area contributed by atoms with E-state index in [9.17, 15) is 20.0 Å². The van der Waals surface area contributed by atoms with E-state index in [2.05, 4.69) is 0 Å². The SMILES string of the molecule is CCOCCCn1c(O)c(C(=O)c2oc3cc(C)c(Cl)cc3c2C)c(C)c(C#N)c1=O. The number of ether oxygens (including phenoxy) is 1. The van der Waals surface area contributed by atoms with Crippen molar-refractivity contribution in [2.75, 3.05) is 13.2 Å². The third-order valence-corrected chi connectivity index (χ3v) is 5.73. The Bertz CT molecular complexity index is 1280. The number of rotatable bonds is 7. The summed E-state index contributed by atoms with van der Waals surface area (Å²) in [6.45, 7) is 7.88. The molecule has 7 nitrogen and oxygen atoms in total. The number of nitrogens with zero attached hydrogens (tertiary/aromatic N) is 2. The number of ketones is 1. The molecular formula is C23H23ClN2O5. The van der Waals surface area contributed by atoms with Crippen LogP contribution in [0.4, 0.5) is 0 Å². The lowest BCUT2D eigenvalue weighted by molar-refractivity contribution is 0.100. The Balaban J connectivity index is 2.17. The van der Waals surface area contributed by atoms with Gasteiger partial charge in [0.25, 0.3) is 5.56 Å². The fraction of sp³-hybridized carbons (Fsp3) is 0.348. The first-order chi connectivity index (χ1) is 14.7. The van der Waals surface area contributed by atoms with E-state index in [4.69, 9.17) is 20.8 Å². The van der Waals surface area contributed by atoms with Crippen LogP contribution in [0.25, 0.3) is 11.0 Å². The molecule has 0 spiro atoms.